The first-order valence-electron chi connectivity index (χ1n) is 6.14. The van der Waals surface area contributed by atoms with Crippen molar-refractivity contribution in [1.29, 1.82) is 0 Å². The Balaban J connectivity index is 1.68. The number of hydrogen-bond donors (Lipinski definition) is 1. The monoisotopic (exact) mass is 303 g/mol. The van der Waals surface area contributed by atoms with Gasteiger partial charge in [-0.15, -0.1) is 5.48 Å². The average molecular weight is 303 g/mol. The van der Waals surface area contributed by atoms with E-state index in [9.17, 15) is 4.79 Å². The van der Waals surface area contributed by atoms with Crippen molar-refractivity contribution < 1.29 is 19.1 Å². The van der Waals surface area contributed by atoms with E-state index in [1.54, 1.807) is 24.3 Å². The number of benzene rings is 2. The smallest absolute Gasteiger partial charge is 0.441 e. The van der Waals surface area contributed by atoms with Crippen LogP contribution in [0.1, 0.15) is 5.56 Å². The van der Waals surface area contributed by atoms with E-state index in [1.165, 1.54) is 0 Å². The molecule has 0 saturated heterocycles. The van der Waals surface area contributed by atoms with Crippen LogP contribution in [0.4, 0.5) is 4.79 Å². The molecule has 2 aromatic carbocycles. The maximum atomic E-state index is 11.4. The summed E-state index contributed by atoms with van der Waals surface area (Å²) in [5, 5.41) is -0.224. The zero-order chi connectivity index (χ0) is 14.9. The third-order valence-corrected chi connectivity index (χ3v) is 2.54. The molecule has 108 valence electrons. The molecule has 5 nitrogen and oxygen atoms in total. The number of thiocarbonyl (C=S) groups is 1. The van der Waals surface area contributed by atoms with Crippen LogP contribution in [-0.2, 0) is 16.2 Å². The van der Waals surface area contributed by atoms with Gasteiger partial charge in [0.25, 0.3) is 0 Å². The van der Waals surface area contributed by atoms with E-state index in [0.717, 1.165) is 5.56 Å². The van der Waals surface area contributed by atoms with Crippen molar-refractivity contribution in [3.8, 4) is 5.75 Å². The van der Waals surface area contributed by atoms with E-state index in [4.69, 9.17) is 26.5 Å². The Morgan fingerprint density at radius 1 is 1.00 bits per heavy atom. The zero-order valence-electron chi connectivity index (χ0n) is 11.0. The van der Waals surface area contributed by atoms with Gasteiger partial charge in [-0.25, -0.2) is 4.79 Å². The van der Waals surface area contributed by atoms with Gasteiger partial charge in [-0.3, -0.25) is 0 Å². The molecule has 0 spiro atoms. The Bertz CT molecular complexity index is 589. The number of hydrogen-bond acceptors (Lipinski definition) is 5. The van der Waals surface area contributed by atoms with Crippen molar-refractivity contribution >= 4 is 23.5 Å². The number of carbonyl (C=O) groups is 1. The van der Waals surface area contributed by atoms with Crippen molar-refractivity contribution in [2.45, 2.75) is 6.61 Å². The van der Waals surface area contributed by atoms with Gasteiger partial charge in [0, 0.05) is 12.2 Å². The summed E-state index contributed by atoms with van der Waals surface area (Å²) in [7, 11) is 0. The number of nitrogens with one attached hydrogen (secondary N) is 1. The van der Waals surface area contributed by atoms with Gasteiger partial charge in [0.2, 0.25) is 0 Å². The predicted octanol–water partition coefficient (Wildman–Crippen LogP) is 3.21. The van der Waals surface area contributed by atoms with Crippen molar-refractivity contribution in [3.63, 3.8) is 0 Å². The van der Waals surface area contributed by atoms with Crippen LogP contribution in [-0.4, -0.2) is 11.3 Å². The highest BCUT2D eigenvalue weighted by molar-refractivity contribution is 7.79. The van der Waals surface area contributed by atoms with Gasteiger partial charge in [-0.2, -0.15) is 0 Å². The SMILES string of the molecule is O=C(NOC(=S)Oc1ccccc1)OCc1ccccc1. The molecule has 0 radical (unpaired) electrons. The predicted molar refractivity (Wildman–Crippen MR) is 80.5 cm³/mol. The Kier molecular flexibility index (Phi) is 5.54. The molecule has 1 amide bonds. The van der Waals surface area contributed by atoms with Gasteiger partial charge < -0.3 is 14.3 Å². The van der Waals surface area contributed by atoms with Crippen LogP contribution in [0.2, 0.25) is 0 Å². The molecule has 0 aliphatic rings. The van der Waals surface area contributed by atoms with Gasteiger partial charge in [0.15, 0.2) is 0 Å². The fourth-order valence-corrected chi connectivity index (χ4v) is 1.58. The van der Waals surface area contributed by atoms with Gasteiger partial charge in [-0.1, -0.05) is 48.5 Å². The molecule has 0 unspecified atom stereocenters. The number of carbonyl (C=O) groups excluding carboxylic acids is 1. The molecule has 1 N–H and O–H groups in total. The second-order valence-electron chi connectivity index (χ2n) is 3.93. The molecule has 21 heavy (non-hydrogen) atoms. The number of ether oxygens (including phenoxy) is 2. The summed E-state index contributed by atoms with van der Waals surface area (Å²) < 4.78 is 10.1. The average Bonchev–Trinajstić information content (AvgIpc) is 2.53. The molecule has 0 bridgehead atoms. The lowest BCUT2D eigenvalue weighted by Gasteiger charge is -2.09. The quantitative estimate of drug-likeness (QED) is 0.697. The van der Waals surface area contributed by atoms with Crippen LogP contribution in [0, 0.1) is 0 Å². The fraction of sp³-hybridized carbons (Fsp3) is 0.0667. The normalized spacial score (nSPS) is 9.52. The third-order valence-electron chi connectivity index (χ3n) is 2.37. The fourth-order valence-electron chi connectivity index (χ4n) is 1.44. The molecule has 0 atom stereocenters. The lowest BCUT2D eigenvalue weighted by molar-refractivity contribution is 0.0810. The molecule has 6 heteroatoms. The third kappa shape index (κ3) is 5.50. The van der Waals surface area contributed by atoms with Crippen LogP contribution in [0.25, 0.3) is 0 Å². The maximum Gasteiger partial charge on any atom is 0.441 e. The van der Waals surface area contributed by atoms with Crippen LogP contribution in [0.5, 0.6) is 5.75 Å². The molecular formula is C15H13NO4S. The summed E-state index contributed by atoms with van der Waals surface area (Å²) in [5.74, 6) is 0.516. The van der Waals surface area contributed by atoms with Crippen molar-refractivity contribution in [1.82, 2.24) is 5.48 Å². The summed E-state index contributed by atoms with van der Waals surface area (Å²) in [6.45, 7) is 0.141. The Morgan fingerprint density at radius 2 is 1.62 bits per heavy atom. The minimum Gasteiger partial charge on any atom is -0.443 e. The van der Waals surface area contributed by atoms with Gasteiger partial charge in [0.05, 0.1) is 0 Å². The van der Waals surface area contributed by atoms with Crippen molar-refractivity contribution in [2.24, 2.45) is 0 Å². The second-order valence-corrected chi connectivity index (χ2v) is 4.26. The van der Waals surface area contributed by atoms with Crippen LogP contribution >= 0.6 is 12.2 Å². The largest absolute Gasteiger partial charge is 0.443 e. The molecule has 2 rings (SSSR count). The standard InChI is InChI=1S/C15H13NO4S/c17-14(18-11-12-7-3-1-4-8-12)16-20-15(21)19-13-9-5-2-6-10-13/h1-10H,11H2,(H,16,17). The lowest BCUT2D eigenvalue weighted by Crippen LogP contribution is -2.29. The Morgan fingerprint density at radius 3 is 2.29 bits per heavy atom. The number of rotatable bonds is 3. The maximum absolute atomic E-state index is 11.4. The summed E-state index contributed by atoms with van der Waals surface area (Å²) >= 11 is 4.82. The highest BCUT2D eigenvalue weighted by Gasteiger charge is 2.06. The molecule has 0 saturated carbocycles. The first kappa shape index (κ1) is 14.8. The van der Waals surface area contributed by atoms with E-state index < -0.39 is 6.09 Å². The summed E-state index contributed by atoms with van der Waals surface area (Å²) in [6, 6.07) is 18.1. The number of amides is 1. The zero-order valence-corrected chi connectivity index (χ0v) is 11.8. The highest BCUT2D eigenvalue weighted by atomic mass is 32.1. The molecule has 0 aromatic heterocycles. The first-order valence-corrected chi connectivity index (χ1v) is 6.55. The molecule has 0 fully saturated rings. The van der Waals surface area contributed by atoms with Crippen LogP contribution in [0.15, 0.2) is 60.7 Å². The topological polar surface area (TPSA) is 56.8 Å². The summed E-state index contributed by atoms with van der Waals surface area (Å²) in [4.78, 5) is 16.2. The van der Waals surface area contributed by atoms with E-state index in [2.05, 4.69) is 0 Å². The van der Waals surface area contributed by atoms with Gasteiger partial charge in [0.1, 0.15) is 12.4 Å². The number of hydroxylamine groups is 1. The molecule has 0 aliphatic heterocycles. The van der Waals surface area contributed by atoms with E-state index in [0.29, 0.717) is 5.75 Å². The Labute approximate surface area is 127 Å². The van der Waals surface area contributed by atoms with E-state index in [1.807, 2.05) is 41.9 Å². The van der Waals surface area contributed by atoms with Crippen LogP contribution < -0.4 is 10.2 Å². The number of para-hydroxylation sites is 1. The first-order chi connectivity index (χ1) is 10.2. The van der Waals surface area contributed by atoms with Gasteiger partial charge in [-0.05, 0) is 17.7 Å². The second kappa shape index (κ2) is 7.86. The van der Waals surface area contributed by atoms with Crippen LogP contribution in [0.3, 0.4) is 0 Å². The van der Waals surface area contributed by atoms with Crippen molar-refractivity contribution in [2.75, 3.05) is 0 Å². The van der Waals surface area contributed by atoms with E-state index in [-0.39, 0.29) is 11.8 Å². The van der Waals surface area contributed by atoms with Crippen molar-refractivity contribution in [3.05, 3.63) is 66.2 Å². The lowest BCUT2D eigenvalue weighted by atomic mass is 10.2. The van der Waals surface area contributed by atoms with E-state index >= 15 is 0 Å². The molecular weight excluding hydrogens is 290 g/mol. The van der Waals surface area contributed by atoms with Gasteiger partial charge >= 0.3 is 11.3 Å². The summed E-state index contributed by atoms with van der Waals surface area (Å²) in [5.41, 5.74) is 2.92. The highest BCUT2D eigenvalue weighted by Crippen LogP contribution is 2.08. The molecule has 2 aromatic rings. The summed E-state index contributed by atoms with van der Waals surface area (Å²) in [6.07, 6.45) is -0.752. The minimum atomic E-state index is -0.752. The molecule has 0 aliphatic carbocycles. The minimum absolute atomic E-state index is 0.141. The molecule has 0 heterocycles. The Hall–Kier alpha value is -2.60.